The van der Waals surface area contributed by atoms with Crippen molar-refractivity contribution in [2.75, 3.05) is 39.5 Å². The maximum Gasteiger partial charge on any atom is 0.317 e. The van der Waals surface area contributed by atoms with Crippen LogP contribution in [0.3, 0.4) is 0 Å². The Labute approximate surface area is 160 Å². The predicted octanol–water partition coefficient (Wildman–Crippen LogP) is 2.68. The van der Waals surface area contributed by atoms with Crippen LogP contribution in [0.15, 0.2) is 18.2 Å². The van der Waals surface area contributed by atoms with E-state index in [2.05, 4.69) is 17.4 Å². The van der Waals surface area contributed by atoms with E-state index in [0.29, 0.717) is 26.3 Å². The number of piperidine rings is 1. The second-order valence-corrected chi connectivity index (χ2v) is 8.14. The third-order valence-electron chi connectivity index (χ3n) is 6.36. The second-order valence-electron chi connectivity index (χ2n) is 8.14. The van der Waals surface area contributed by atoms with E-state index in [1.54, 1.807) is 0 Å². The number of aliphatic hydroxyl groups excluding tert-OH is 1. The molecule has 4 rings (SSSR count). The lowest BCUT2D eigenvalue weighted by Crippen LogP contribution is -2.49. The van der Waals surface area contributed by atoms with Crippen LogP contribution in [0, 0.1) is 5.92 Å². The number of likely N-dealkylation sites (tertiary alicyclic amines) is 1. The topological polar surface area (TPSA) is 71.0 Å². The molecule has 1 aromatic carbocycles. The molecule has 6 nitrogen and oxygen atoms in total. The van der Waals surface area contributed by atoms with Crippen LogP contribution in [0.25, 0.3) is 0 Å². The number of carbonyl (C=O) groups excluding carboxylic acids is 1. The van der Waals surface area contributed by atoms with Crippen LogP contribution in [0.4, 0.5) is 4.79 Å². The first-order chi connectivity index (χ1) is 13.2. The lowest BCUT2D eigenvalue weighted by Gasteiger charge is -2.35. The summed E-state index contributed by atoms with van der Waals surface area (Å²) >= 11 is 0. The van der Waals surface area contributed by atoms with Crippen molar-refractivity contribution in [2.45, 2.75) is 43.9 Å². The normalized spacial score (nSPS) is 23.9. The minimum Gasteiger partial charge on any atom is -0.486 e. The molecule has 148 valence electrons. The van der Waals surface area contributed by atoms with E-state index in [4.69, 9.17) is 9.47 Å². The molecule has 1 aliphatic carbocycles. The fraction of sp³-hybridized carbons (Fsp3) is 0.667. The van der Waals surface area contributed by atoms with Gasteiger partial charge >= 0.3 is 6.03 Å². The Morgan fingerprint density at radius 1 is 1.19 bits per heavy atom. The zero-order valence-electron chi connectivity index (χ0n) is 15.9. The molecule has 1 aromatic rings. The molecule has 0 aromatic heterocycles. The Bertz CT molecular complexity index is 672. The predicted molar refractivity (Wildman–Crippen MR) is 102 cm³/mol. The average molecular weight is 374 g/mol. The fourth-order valence-corrected chi connectivity index (χ4v) is 4.75. The van der Waals surface area contributed by atoms with Gasteiger partial charge in [0.2, 0.25) is 0 Å². The summed E-state index contributed by atoms with van der Waals surface area (Å²) in [6.07, 6.45) is 6.48. The Balaban J connectivity index is 1.45. The first kappa shape index (κ1) is 18.4. The maximum absolute atomic E-state index is 12.7. The number of nitrogens with zero attached hydrogens (tertiary/aromatic N) is 1. The van der Waals surface area contributed by atoms with E-state index >= 15 is 0 Å². The molecule has 0 unspecified atom stereocenters. The van der Waals surface area contributed by atoms with Crippen LogP contribution in [-0.4, -0.2) is 55.5 Å². The van der Waals surface area contributed by atoms with Crippen molar-refractivity contribution in [3.8, 4) is 11.5 Å². The molecule has 2 N–H and O–H groups in total. The monoisotopic (exact) mass is 374 g/mol. The van der Waals surface area contributed by atoms with Gasteiger partial charge in [-0.1, -0.05) is 18.9 Å². The number of nitrogens with one attached hydrogen (secondary N) is 1. The van der Waals surface area contributed by atoms with Crippen molar-refractivity contribution < 1.29 is 19.4 Å². The van der Waals surface area contributed by atoms with E-state index in [1.165, 1.54) is 18.4 Å². The molecule has 1 saturated carbocycles. The molecule has 0 spiro atoms. The molecule has 2 aliphatic heterocycles. The summed E-state index contributed by atoms with van der Waals surface area (Å²) in [5.74, 6) is 1.84. The smallest absolute Gasteiger partial charge is 0.317 e. The van der Waals surface area contributed by atoms with E-state index in [-0.39, 0.29) is 24.0 Å². The van der Waals surface area contributed by atoms with Crippen molar-refractivity contribution in [3.05, 3.63) is 23.8 Å². The van der Waals surface area contributed by atoms with Gasteiger partial charge < -0.3 is 24.8 Å². The quantitative estimate of drug-likeness (QED) is 0.850. The van der Waals surface area contributed by atoms with E-state index in [1.807, 2.05) is 11.0 Å². The number of rotatable bonds is 4. The number of carbonyl (C=O) groups is 1. The van der Waals surface area contributed by atoms with Gasteiger partial charge in [-0.15, -0.1) is 0 Å². The molecular weight excluding hydrogens is 344 g/mol. The van der Waals surface area contributed by atoms with Crippen LogP contribution in [0.5, 0.6) is 11.5 Å². The van der Waals surface area contributed by atoms with Crippen molar-refractivity contribution in [1.29, 1.82) is 0 Å². The van der Waals surface area contributed by atoms with Crippen LogP contribution >= 0.6 is 0 Å². The maximum atomic E-state index is 12.7. The summed E-state index contributed by atoms with van der Waals surface area (Å²) in [4.78, 5) is 14.6. The number of ether oxygens (including phenoxy) is 2. The van der Waals surface area contributed by atoms with Gasteiger partial charge in [-0.3, -0.25) is 0 Å². The Hall–Kier alpha value is -1.95. The summed E-state index contributed by atoms with van der Waals surface area (Å²) in [6.45, 7) is 3.41. The van der Waals surface area contributed by atoms with Gasteiger partial charge in [0.15, 0.2) is 11.5 Å². The molecular formula is C21H30N2O4. The highest BCUT2D eigenvalue weighted by Crippen LogP contribution is 2.43. The molecule has 2 fully saturated rings. The molecule has 6 heteroatoms. The fourth-order valence-electron chi connectivity index (χ4n) is 4.75. The summed E-state index contributed by atoms with van der Waals surface area (Å²) in [5, 5.41) is 12.6. The van der Waals surface area contributed by atoms with Crippen molar-refractivity contribution in [3.63, 3.8) is 0 Å². The van der Waals surface area contributed by atoms with Crippen molar-refractivity contribution in [2.24, 2.45) is 5.92 Å². The number of amides is 2. The standard InChI is InChI=1S/C21H30N2O4/c24-14-16-4-3-9-23(13-16)20(25)22-15-21(7-1-2-8-21)17-5-6-18-19(12-17)27-11-10-26-18/h5-6,12,16,24H,1-4,7-11,13-15H2,(H,22,25)/t16-/m1/s1. The average Bonchev–Trinajstić information content (AvgIpc) is 3.22. The Kier molecular flexibility index (Phi) is 5.43. The van der Waals surface area contributed by atoms with E-state index < -0.39 is 0 Å². The van der Waals surface area contributed by atoms with Gasteiger partial charge in [-0.05, 0) is 49.3 Å². The number of fused-ring (bicyclic) bond motifs is 1. The zero-order valence-corrected chi connectivity index (χ0v) is 15.9. The van der Waals surface area contributed by atoms with Crippen LogP contribution in [-0.2, 0) is 5.41 Å². The number of hydrogen-bond acceptors (Lipinski definition) is 4. The molecule has 0 bridgehead atoms. The van der Waals surface area contributed by atoms with Crippen molar-refractivity contribution in [1.82, 2.24) is 10.2 Å². The molecule has 1 atom stereocenters. The largest absolute Gasteiger partial charge is 0.486 e. The third kappa shape index (κ3) is 3.86. The van der Waals surface area contributed by atoms with E-state index in [0.717, 1.165) is 43.7 Å². The molecule has 2 amide bonds. The minimum absolute atomic E-state index is 0.00281. The Morgan fingerprint density at radius 3 is 2.74 bits per heavy atom. The Morgan fingerprint density at radius 2 is 1.96 bits per heavy atom. The SMILES string of the molecule is O=C(NCC1(c2ccc3c(c2)OCCO3)CCCC1)N1CCC[C@@H](CO)C1. The molecule has 27 heavy (non-hydrogen) atoms. The molecule has 1 saturated heterocycles. The summed E-state index contributed by atoms with van der Waals surface area (Å²) < 4.78 is 11.4. The zero-order chi connectivity index (χ0) is 18.7. The van der Waals surface area contributed by atoms with Gasteiger partial charge in [0.05, 0.1) is 0 Å². The highest BCUT2D eigenvalue weighted by molar-refractivity contribution is 5.74. The summed E-state index contributed by atoms with van der Waals surface area (Å²) in [7, 11) is 0. The first-order valence-corrected chi connectivity index (χ1v) is 10.2. The third-order valence-corrected chi connectivity index (χ3v) is 6.36. The van der Waals surface area contributed by atoms with Crippen molar-refractivity contribution >= 4 is 6.03 Å². The van der Waals surface area contributed by atoms with Crippen LogP contribution in [0.1, 0.15) is 44.1 Å². The lowest BCUT2D eigenvalue weighted by molar-refractivity contribution is 0.128. The second kappa shape index (κ2) is 7.97. The molecule has 2 heterocycles. The first-order valence-electron chi connectivity index (χ1n) is 10.2. The van der Waals surface area contributed by atoms with Gasteiger partial charge in [0.1, 0.15) is 13.2 Å². The van der Waals surface area contributed by atoms with E-state index in [9.17, 15) is 9.90 Å². The minimum atomic E-state index is -0.0301. The number of benzene rings is 1. The number of hydrogen-bond donors (Lipinski definition) is 2. The van der Waals surface area contributed by atoms with Gasteiger partial charge in [0.25, 0.3) is 0 Å². The highest BCUT2D eigenvalue weighted by Gasteiger charge is 2.37. The number of aliphatic hydroxyl groups is 1. The lowest BCUT2D eigenvalue weighted by atomic mass is 9.78. The molecule has 3 aliphatic rings. The molecule has 0 radical (unpaired) electrons. The summed E-state index contributed by atoms with van der Waals surface area (Å²) in [6, 6.07) is 6.24. The number of urea groups is 1. The van der Waals surface area contributed by atoms with Crippen LogP contribution < -0.4 is 14.8 Å². The van der Waals surface area contributed by atoms with Gasteiger partial charge in [-0.2, -0.15) is 0 Å². The highest BCUT2D eigenvalue weighted by atomic mass is 16.6. The van der Waals surface area contributed by atoms with Gasteiger partial charge in [-0.25, -0.2) is 4.79 Å². The van der Waals surface area contributed by atoms with Crippen LogP contribution in [0.2, 0.25) is 0 Å². The van der Waals surface area contributed by atoms with Gasteiger partial charge in [0, 0.05) is 31.7 Å². The summed E-state index contributed by atoms with van der Waals surface area (Å²) in [5.41, 5.74) is 1.20.